The third-order valence-corrected chi connectivity index (χ3v) is 11.8. The quantitative estimate of drug-likeness (QED) is 0.464. The number of hydrogen-bond donors (Lipinski definition) is 1. The van der Waals surface area contributed by atoms with Crippen molar-refractivity contribution in [3.05, 3.63) is 69.8 Å². The summed E-state index contributed by atoms with van der Waals surface area (Å²) in [7, 11) is -1.90. The van der Waals surface area contributed by atoms with Gasteiger partial charge in [-0.2, -0.15) is 0 Å². The normalized spacial score (nSPS) is 17.5. The fraction of sp³-hybridized carbons (Fsp3) is 0.556. The Bertz CT molecular complexity index is 765. The molecular weight excluding hydrogens is 382 g/mol. The zero-order chi connectivity index (χ0) is 21.9. The van der Waals surface area contributed by atoms with E-state index in [1.165, 1.54) is 39.8 Å². The lowest BCUT2D eigenvalue weighted by molar-refractivity contribution is 0.0589. The van der Waals surface area contributed by atoms with Crippen molar-refractivity contribution in [2.75, 3.05) is 6.54 Å². The van der Waals surface area contributed by atoms with Gasteiger partial charge in [0.25, 0.3) is 0 Å². The van der Waals surface area contributed by atoms with E-state index in [1.807, 2.05) is 0 Å². The van der Waals surface area contributed by atoms with Gasteiger partial charge < -0.3 is 9.74 Å². The van der Waals surface area contributed by atoms with Crippen LogP contribution in [0, 0.1) is 27.7 Å². The summed E-state index contributed by atoms with van der Waals surface area (Å²) in [4.78, 5) is 0. The Kier molecular flexibility index (Phi) is 7.27. The molecule has 0 amide bonds. The van der Waals surface area contributed by atoms with Gasteiger partial charge in [-0.3, -0.25) is 0 Å². The first-order valence-electron chi connectivity index (χ1n) is 11.9. The van der Waals surface area contributed by atoms with Crippen LogP contribution in [0.3, 0.4) is 0 Å². The second kappa shape index (κ2) is 9.38. The van der Waals surface area contributed by atoms with Crippen LogP contribution >= 0.6 is 0 Å². The van der Waals surface area contributed by atoms with E-state index in [4.69, 9.17) is 4.43 Å². The fourth-order valence-electron chi connectivity index (χ4n) is 5.48. The molecule has 2 aromatic carbocycles. The second-order valence-corrected chi connectivity index (χ2v) is 14.2. The van der Waals surface area contributed by atoms with E-state index in [9.17, 15) is 0 Å². The Morgan fingerprint density at radius 1 is 0.800 bits per heavy atom. The minimum Gasteiger partial charge on any atom is -0.402 e. The summed E-state index contributed by atoms with van der Waals surface area (Å²) >= 11 is 0. The molecule has 0 radical (unpaired) electrons. The number of aryl methyl sites for hydroxylation is 4. The highest BCUT2D eigenvalue weighted by Gasteiger charge is 2.49. The molecule has 1 aliphatic rings. The second-order valence-electron chi connectivity index (χ2n) is 9.48. The van der Waals surface area contributed by atoms with Crippen LogP contribution in [0.1, 0.15) is 67.0 Å². The molecule has 1 heterocycles. The van der Waals surface area contributed by atoms with Crippen LogP contribution in [0.25, 0.3) is 0 Å². The molecule has 0 spiro atoms. The third-order valence-electron chi connectivity index (χ3n) is 7.16. The van der Waals surface area contributed by atoms with E-state index in [0.717, 1.165) is 31.1 Å². The zero-order valence-electron chi connectivity index (χ0n) is 20.2. The molecular formula is C27H41NOSi. The lowest BCUT2D eigenvalue weighted by atomic mass is 9.77. The van der Waals surface area contributed by atoms with E-state index in [1.54, 1.807) is 0 Å². The molecule has 0 aliphatic carbocycles. The van der Waals surface area contributed by atoms with E-state index in [2.05, 4.69) is 90.2 Å². The van der Waals surface area contributed by atoms with Gasteiger partial charge in [0.05, 0.1) is 0 Å². The molecule has 2 nitrogen and oxygen atoms in total. The van der Waals surface area contributed by atoms with E-state index in [-0.39, 0.29) is 0 Å². The van der Waals surface area contributed by atoms with Crippen molar-refractivity contribution >= 4 is 8.32 Å². The SMILES string of the molecule is CC[Si](CC)(CC)OC(c1cc(C)cc(C)c1)(c1cc(C)cc(C)c1)C1CCCN1. The van der Waals surface area contributed by atoms with Crippen molar-refractivity contribution in [3.8, 4) is 0 Å². The van der Waals surface area contributed by atoms with Crippen LogP contribution in [0.2, 0.25) is 18.1 Å². The van der Waals surface area contributed by atoms with Gasteiger partial charge in [-0.15, -0.1) is 0 Å². The zero-order valence-corrected chi connectivity index (χ0v) is 21.2. The molecule has 1 aliphatic heterocycles. The van der Waals surface area contributed by atoms with Crippen LogP contribution in [0.15, 0.2) is 36.4 Å². The summed E-state index contributed by atoms with van der Waals surface area (Å²) in [5, 5.41) is 3.86. The molecule has 1 atom stereocenters. The highest BCUT2D eigenvalue weighted by molar-refractivity contribution is 6.73. The van der Waals surface area contributed by atoms with Gasteiger partial charge in [0, 0.05) is 6.04 Å². The van der Waals surface area contributed by atoms with Crippen LogP contribution in [0.5, 0.6) is 0 Å². The predicted molar refractivity (Wildman–Crippen MR) is 132 cm³/mol. The molecule has 0 bridgehead atoms. The van der Waals surface area contributed by atoms with Gasteiger partial charge in [0.1, 0.15) is 5.60 Å². The molecule has 3 heteroatoms. The Balaban J connectivity index is 2.35. The highest BCUT2D eigenvalue weighted by atomic mass is 28.4. The van der Waals surface area contributed by atoms with Crippen LogP contribution in [-0.4, -0.2) is 20.9 Å². The number of benzene rings is 2. The summed E-state index contributed by atoms with van der Waals surface area (Å²) < 4.78 is 7.63. The standard InChI is InChI=1S/C27H41NOSi/c1-8-30(9-2,10-3)29-27(26-12-11-13-28-26,24-16-20(4)14-21(5)17-24)25-18-22(6)15-23(7)19-25/h14-19,26,28H,8-13H2,1-7H3. The van der Waals surface area contributed by atoms with Crippen molar-refractivity contribution in [2.24, 2.45) is 0 Å². The largest absolute Gasteiger partial charge is 0.402 e. The monoisotopic (exact) mass is 423 g/mol. The summed E-state index contributed by atoms with van der Waals surface area (Å²) in [6.07, 6.45) is 2.37. The Morgan fingerprint density at radius 2 is 1.23 bits per heavy atom. The van der Waals surface area contributed by atoms with Crippen molar-refractivity contribution in [1.82, 2.24) is 5.32 Å². The van der Waals surface area contributed by atoms with E-state index in [0.29, 0.717) is 6.04 Å². The number of hydrogen-bond acceptors (Lipinski definition) is 2. The van der Waals surface area contributed by atoms with Crippen LogP contribution in [-0.2, 0) is 10.0 Å². The van der Waals surface area contributed by atoms with Gasteiger partial charge >= 0.3 is 0 Å². The van der Waals surface area contributed by atoms with Crippen molar-refractivity contribution in [2.45, 2.75) is 91.1 Å². The fourth-order valence-corrected chi connectivity index (χ4v) is 8.47. The van der Waals surface area contributed by atoms with Gasteiger partial charge in [0.2, 0.25) is 0 Å². The lowest BCUT2D eigenvalue weighted by Crippen LogP contribution is -2.55. The molecule has 0 aromatic heterocycles. The Morgan fingerprint density at radius 3 is 1.57 bits per heavy atom. The summed E-state index contributed by atoms with van der Waals surface area (Å²) in [5.41, 5.74) is 7.50. The Hall–Kier alpha value is -1.42. The molecule has 3 rings (SSSR count). The summed E-state index contributed by atoms with van der Waals surface area (Å²) in [6, 6.07) is 17.9. The molecule has 2 aromatic rings. The molecule has 1 N–H and O–H groups in total. The highest BCUT2D eigenvalue weighted by Crippen LogP contribution is 2.45. The predicted octanol–water partition coefficient (Wildman–Crippen LogP) is 6.94. The van der Waals surface area contributed by atoms with Crippen molar-refractivity contribution < 1.29 is 4.43 Å². The van der Waals surface area contributed by atoms with Crippen LogP contribution in [0.4, 0.5) is 0 Å². The smallest absolute Gasteiger partial charge is 0.193 e. The maximum Gasteiger partial charge on any atom is 0.193 e. The van der Waals surface area contributed by atoms with Gasteiger partial charge in [-0.25, -0.2) is 0 Å². The summed E-state index contributed by atoms with van der Waals surface area (Å²) in [5.74, 6) is 0. The van der Waals surface area contributed by atoms with Crippen LogP contribution < -0.4 is 5.32 Å². The molecule has 164 valence electrons. The van der Waals surface area contributed by atoms with E-state index >= 15 is 0 Å². The molecule has 30 heavy (non-hydrogen) atoms. The first-order valence-corrected chi connectivity index (χ1v) is 14.4. The van der Waals surface area contributed by atoms with Gasteiger partial charge in [0.15, 0.2) is 8.32 Å². The number of nitrogens with one attached hydrogen (secondary N) is 1. The first kappa shape index (κ1) is 23.2. The minimum absolute atomic E-state index is 0.302. The lowest BCUT2D eigenvalue weighted by Gasteiger charge is -2.47. The topological polar surface area (TPSA) is 21.3 Å². The van der Waals surface area contributed by atoms with Gasteiger partial charge in [-0.1, -0.05) is 79.4 Å². The molecule has 1 unspecified atom stereocenters. The maximum absolute atomic E-state index is 7.63. The van der Waals surface area contributed by atoms with Crippen molar-refractivity contribution in [1.29, 1.82) is 0 Å². The third kappa shape index (κ3) is 4.44. The molecule has 1 fully saturated rings. The van der Waals surface area contributed by atoms with Crippen molar-refractivity contribution in [3.63, 3.8) is 0 Å². The average Bonchev–Trinajstić information content (AvgIpc) is 3.23. The summed E-state index contributed by atoms with van der Waals surface area (Å²) in [6.45, 7) is 17.0. The van der Waals surface area contributed by atoms with E-state index < -0.39 is 13.9 Å². The molecule has 0 saturated carbocycles. The minimum atomic E-state index is -1.90. The Labute approximate surface area is 185 Å². The average molecular weight is 424 g/mol. The number of rotatable bonds is 8. The first-order chi connectivity index (χ1) is 14.3. The molecule has 1 saturated heterocycles. The maximum atomic E-state index is 7.63. The van der Waals surface area contributed by atoms with Gasteiger partial charge in [-0.05, 0) is 76.3 Å².